The fraction of sp³-hybridized carbons (Fsp3) is 0.143. The van der Waals surface area contributed by atoms with Gasteiger partial charge in [-0.3, -0.25) is 10.0 Å². The third-order valence-electron chi connectivity index (χ3n) is 5.88. The fourth-order valence-corrected chi connectivity index (χ4v) is 4.01. The van der Waals surface area contributed by atoms with Crippen LogP contribution in [0, 0.1) is 17.7 Å². The minimum atomic E-state index is -0.596. The Balaban J connectivity index is 1.51. The molecule has 0 bridgehead atoms. The number of aromatic amines is 1. The van der Waals surface area contributed by atoms with Crippen molar-refractivity contribution in [2.45, 2.75) is 0 Å². The van der Waals surface area contributed by atoms with Gasteiger partial charge in [0.2, 0.25) is 0 Å². The third-order valence-corrected chi connectivity index (χ3v) is 5.88. The van der Waals surface area contributed by atoms with E-state index in [2.05, 4.69) is 21.7 Å². The molecule has 1 fully saturated rings. The number of H-pyrrole nitrogens is 1. The predicted octanol–water partition coefficient (Wildman–Crippen LogP) is 4.12. The molecule has 1 saturated heterocycles. The number of hydrogen-bond acceptors (Lipinski definition) is 5. The molecule has 5 rings (SSSR count). The zero-order valence-corrected chi connectivity index (χ0v) is 19.3. The molecular weight excluding hydrogens is 459 g/mol. The van der Waals surface area contributed by atoms with Crippen molar-refractivity contribution in [3.63, 3.8) is 0 Å². The van der Waals surface area contributed by atoms with Gasteiger partial charge in [0.05, 0.1) is 41.1 Å². The Morgan fingerprint density at radius 3 is 2.58 bits per heavy atom. The van der Waals surface area contributed by atoms with Crippen LogP contribution in [0.1, 0.15) is 16.7 Å². The Hall–Kier alpha value is -4.45. The van der Waals surface area contributed by atoms with Gasteiger partial charge in [0.25, 0.3) is 5.91 Å². The van der Waals surface area contributed by atoms with E-state index >= 15 is 0 Å². The number of ether oxygens (including phenoxy) is 1. The molecule has 0 spiro atoms. The number of carbonyl (C=O) groups excluding carboxylic acids is 1. The largest absolute Gasteiger partial charge is 0.378 e. The second-order valence-electron chi connectivity index (χ2n) is 8.23. The van der Waals surface area contributed by atoms with Crippen LogP contribution in [-0.4, -0.2) is 47.4 Å². The Morgan fingerprint density at radius 1 is 1.08 bits per heavy atom. The van der Waals surface area contributed by atoms with Crippen molar-refractivity contribution in [1.29, 1.82) is 0 Å². The number of morpholine rings is 1. The summed E-state index contributed by atoms with van der Waals surface area (Å²) in [6.45, 7) is 2.73. The Morgan fingerprint density at radius 2 is 1.83 bits per heavy atom. The van der Waals surface area contributed by atoms with Crippen LogP contribution in [0.15, 0.2) is 66.7 Å². The van der Waals surface area contributed by atoms with Gasteiger partial charge in [-0.2, -0.15) is 0 Å². The fourth-order valence-electron chi connectivity index (χ4n) is 4.01. The number of hydroxylamine groups is 1. The van der Waals surface area contributed by atoms with E-state index in [1.54, 1.807) is 29.8 Å². The predicted molar refractivity (Wildman–Crippen MR) is 136 cm³/mol. The number of amides is 1. The number of aromatic nitrogens is 2. The van der Waals surface area contributed by atoms with Gasteiger partial charge in [-0.25, -0.2) is 14.9 Å². The topological polar surface area (TPSA) is 90.5 Å². The maximum Gasteiger partial charge on any atom is 0.267 e. The number of carbonyl (C=O) groups is 1. The van der Waals surface area contributed by atoms with Crippen molar-refractivity contribution in [3.8, 4) is 23.2 Å². The molecule has 1 aliphatic rings. The Kier molecular flexibility index (Phi) is 6.76. The quantitative estimate of drug-likeness (QED) is 0.176. The van der Waals surface area contributed by atoms with Gasteiger partial charge in [0.1, 0.15) is 11.6 Å². The van der Waals surface area contributed by atoms with Crippen molar-refractivity contribution >= 4 is 28.7 Å². The molecule has 36 heavy (non-hydrogen) atoms. The first kappa shape index (κ1) is 23.3. The van der Waals surface area contributed by atoms with Crippen molar-refractivity contribution < 1.29 is 19.1 Å². The lowest BCUT2D eigenvalue weighted by Gasteiger charge is -2.29. The molecular formula is C28H23FN4O3. The molecule has 1 amide bonds. The highest BCUT2D eigenvalue weighted by molar-refractivity contribution is 5.91. The third kappa shape index (κ3) is 5.13. The SMILES string of the molecule is O=C(/C=C/c1ccc(-c2nc3cc(N4CCOCC4)c(C#Cc4ccccc4F)cc3[nH]2)cc1)NO. The highest BCUT2D eigenvalue weighted by Crippen LogP contribution is 2.29. The van der Waals surface area contributed by atoms with Crippen LogP contribution < -0.4 is 10.4 Å². The summed E-state index contributed by atoms with van der Waals surface area (Å²) >= 11 is 0. The van der Waals surface area contributed by atoms with E-state index in [9.17, 15) is 9.18 Å². The highest BCUT2D eigenvalue weighted by Gasteiger charge is 2.17. The van der Waals surface area contributed by atoms with Gasteiger partial charge in [0.15, 0.2) is 0 Å². The summed E-state index contributed by atoms with van der Waals surface area (Å²) in [6.07, 6.45) is 2.84. The summed E-state index contributed by atoms with van der Waals surface area (Å²) < 4.78 is 19.7. The number of imidazole rings is 1. The van der Waals surface area contributed by atoms with E-state index in [0.717, 1.165) is 46.5 Å². The molecule has 7 nitrogen and oxygen atoms in total. The van der Waals surface area contributed by atoms with E-state index in [0.29, 0.717) is 24.6 Å². The lowest BCUT2D eigenvalue weighted by atomic mass is 10.1. The number of anilines is 1. The number of hydrogen-bond donors (Lipinski definition) is 3. The number of benzene rings is 3. The number of rotatable bonds is 4. The summed E-state index contributed by atoms with van der Waals surface area (Å²) in [5.41, 5.74) is 6.93. The van der Waals surface area contributed by atoms with E-state index < -0.39 is 5.91 Å². The van der Waals surface area contributed by atoms with Crippen molar-refractivity contribution in [2.24, 2.45) is 0 Å². The molecule has 0 aliphatic carbocycles. The monoisotopic (exact) mass is 482 g/mol. The molecule has 3 N–H and O–H groups in total. The summed E-state index contributed by atoms with van der Waals surface area (Å²) in [5.74, 6) is 5.89. The second-order valence-corrected chi connectivity index (χ2v) is 8.23. The molecule has 2 heterocycles. The van der Waals surface area contributed by atoms with Crippen LogP contribution in [0.2, 0.25) is 0 Å². The number of nitrogens with one attached hydrogen (secondary N) is 2. The first-order valence-electron chi connectivity index (χ1n) is 11.5. The molecule has 180 valence electrons. The second kappa shape index (κ2) is 10.4. The number of nitrogens with zero attached hydrogens (tertiary/aromatic N) is 2. The maximum absolute atomic E-state index is 14.1. The zero-order chi connectivity index (χ0) is 24.9. The lowest BCUT2D eigenvalue weighted by Crippen LogP contribution is -2.36. The van der Waals surface area contributed by atoms with Crippen molar-refractivity contribution in [1.82, 2.24) is 15.4 Å². The maximum atomic E-state index is 14.1. The summed E-state index contributed by atoms with van der Waals surface area (Å²) in [7, 11) is 0. The van der Waals surface area contributed by atoms with Gasteiger partial charge in [-0.1, -0.05) is 48.2 Å². The van der Waals surface area contributed by atoms with E-state index in [-0.39, 0.29) is 5.82 Å². The van der Waals surface area contributed by atoms with E-state index in [1.165, 1.54) is 12.1 Å². The van der Waals surface area contributed by atoms with Gasteiger partial charge < -0.3 is 14.6 Å². The van der Waals surface area contributed by atoms with Crippen LogP contribution in [0.25, 0.3) is 28.5 Å². The first-order chi connectivity index (χ1) is 17.6. The van der Waals surface area contributed by atoms with Crippen LogP contribution in [0.4, 0.5) is 10.1 Å². The number of halogens is 1. The van der Waals surface area contributed by atoms with E-state index in [1.807, 2.05) is 36.4 Å². The average molecular weight is 483 g/mol. The Labute approximate surface area is 207 Å². The van der Waals surface area contributed by atoms with Crippen molar-refractivity contribution in [3.05, 3.63) is 89.2 Å². The summed E-state index contributed by atoms with van der Waals surface area (Å²) in [5, 5.41) is 8.60. The molecule has 0 saturated carbocycles. The smallest absolute Gasteiger partial charge is 0.267 e. The van der Waals surface area contributed by atoms with Gasteiger partial charge in [-0.05, 0) is 35.9 Å². The minimum absolute atomic E-state index is 0.349. The van der Waals surface area contributed by atoms with Crippen LogP contribution in [-0.2, 0) is 9.53 Å². The molecule has 8 heteroatoms. The molecule has 4 aromatic rings. The normalized spacial score (nSPS) is 13.6. The Bertz CT molecular complexity index is 1490. The van der Waals surface area contributed by atoms with E-state index in [4.69, 9.17) is 14.9 Å². The van der Waals surface area contributed by atoms with Crippen LogP contribution >= 0.6 is 0 Å². The van der Waals surface area contributed by atoms with Gasteiger partial charge in [-0.15, -0.1) is 0 Å². The lowest BCUT2D eigenvalue weighted by molar-refractivity contribution is -0.124. The molecule has 0 radical (unpaired) electrons. The standard InChI is InChI=1S/C28H23FN4O3/c29-23-4-2-1-3-20(23)10-11-22-17-24-25(18-26(22)33-13-15-36-16-14-33)31-28(30-24)21-8-5-19(6-9-21)7-12-27(34)32-35/h1-9,12,17-18,35H,13-16H2,(H,30,31)(H,32,34)/b12-7+. The minimum Gasteiger partial charge on any atom is -0.378 e. The van der Waals surface area contributed by atoms with Crippen LogP contribution in [0.3, 0.4) is 0 Å². The molecule has 0 unspecified atom stereocenters. The summed E-state index contributed by atoms with van der Waals surface area (Å²) in [4.78, 5) is 21.6. The average Bonchev–Trinajstić information content (AvgIpc) is 3.34. The first-order valence-corrected chi connectivity index (χ1v) is 11.5. The molecule has 0 atom stereocenters. The summed E-state index contributed by atoms with van der Waals surface area (Å²) in [6, 6.07) is 18.0. The molecule has 3 aromatic carbocycles. The van der Waals surface area contributed by atoms with Crippen molar-refractivity contribution in [2.75, 3.05) is 31.2 Å². The highest BCUT2D eigenvalue weighted by atomic mass is 19.1. The van der Waals surface area contributed by atoms with Crippen LogP contribution in [0.5, 0.6) is 0 Å². The van der Waals surface area contributed by atoms with Gasteiger partial charge in [0, 0.05) is 24.7 Å². The molecule has 1 aromatic heterocycles. The molecule has 1 aliphatic heterocycles. The van der Waals surface area contributed by atoms with Gasteiger partial charge >= 0.3 is 0 Å². The zero-order valence-electron chi connectivity index (χ0n) is 19.3. The number of fused-ring (bicyclic) bond motifs is 1.